The molecule has 2 amide bonds. The van der Waals surface area contributed by atoms with Crippen LogP contribution in [0.5, 0.6) is 0 Å². The van der Waals surface area contributed by atoms with E-state index in [9.17, 15) is 9.59 Å². The number of rotatable bonds is 4. The molecule has 0 unspecified atom stereocenters. The molecule has 0 aromatic carbocycles. The molecule has 1 rings (SSSR count). The van der Waals surface area contributed by atoms with Crippen LogP contribution in [0.15, 0.2) is 18.5 Å². The lowest BCUT2D eigenvalue weighted by Gasteiger charge is -2.10. The fourth-order valence-electron chi connectivity index (χ4n) is 1.43. The van der Waals surface area contributed by atoms with Gasteiger partial charge in [0.2, 0.25) is 5.91 Å². The van der Waals surface area contributed by atoms with Crippen molar-refractivity contribution in [2.75, 3.05) is 27.2 Å². The molecule has 0 atom stereocenters. The van der Waals surface area contributed by atoms with Gasteiger partial charge in [-0.25, -0.2) is 0 Å². The number of carbonyl (C=O) groups is 2. The molecule has 6 heteroatoms. The third kappa shape index (κ3) is 4.71. The molecule has 0 saturated carbocycles. The predicted octanol–water partition coefficient (Wildman–Crippen LogP) is -0.367. The van der Waals surface area contributed by atoms with E-state index in [2.05, 4.69) is 22.1 Å². The Morgan fingerprint density at radius 3 is 2.85 bits per heavy atom. The van der Waals surface area contributed by atoms with Crippen molar-refractivity contribution in [2.24, 2.45) is 0 Å². The minimum Gasteiger partial charge on any atom is -0.384 e. The molecule has 1 aromatic rings. The van der Waals surface area contributed by atoms with Crippen LogP contribution in [-0.2, 0) is 4.79 Å². The summed E-state index contributed by atoms with van der Waals surface area (Å²) in [4.78, 5) is 28.7. The predicted molar refractivity (Wildman–Crippen MR) is 73.8 cm³/mol. The average Bonchev–Trinajstić information content (AvgIpc) is 2.45. The van der Waals surface area contributed by atoms with Crippen LogP contribution in [0.3, 0.4) is 0 Å². The van der Waals surface area contributed by atoms with Gasteiger partial charge in [0.1, 0.15) is 6.61 Å². The van der Waals surface area contributed by atoms with E-state index in [1.54, 1.807) is 20.2 Å². The zero-order valence-corrected chi connectivity index (χ0v) is 11.5. The number of carbonyl (C=O) groups excluding carboxylic acids is 2. The first kappa shape index (κ1) is 15.7. The summed E-state index contributed by atoms with van der Waals surface area (Å²) in [5, 5.41) is 11.3. The van der Waals surface area contributed by atoms with Gasteiger partial charge in [-0.2, -0.15) is 0 Å². The van der Waals surface area contributed by atoms with Gasteiger partial charge in [-0.3, -0.25) is 14.6 Å². The highest BCUT2D eigenvalue weighted by molar-refractivity contribution is 5.96. The number of nitrogens with zero attached hydrogens (tertiary/aromatic N) is 2. The van der Waals surface area contributed by atoms with Gasteiger partial charge in [0.15, 0.2) is 0 Å². The minimum atomic E-state index is -0.318. The van der Waals surface area contributed by atoms with E-state index in [4.69, 9.17) is 5.11 Å². The molecular formula is C14H17N3O3. The SMILES string of the molecule is CN(C)C(=O)CCNC(=O)c1ccncc1C#CCO. The van der Waals surface area contributed by atoms with E-state index < -0.39 is 0 Å². The van der Waals surface area contributed by atoms with Crippen LogP contribution in [0.1, 0.15) is 22.3 Å². The Bertz CT molecular complexity index is 544. The third-order valence-corrected chi connectivity index (χ3v) is 2.49. The summed E-state index contributed by atoms with van der Waals surface area (Å²) >= 11 is 0. The first-order chi connectivity index (χ1) is 9.56. The molecule has 6 nitrogen and oxygen atoms in total. The largest absolute Gasteiger partial charge is 0.384 e. The van der Waals surface area contributed by atoms with E-state index in [1.807, 2.05) is 0 Å². The topological polar surface area (TPSA) is 82.5 Å². The zero-order valence-electron chi connectivity index (χ0n) is 11.5. The number of hydrogen-bond acceptors (Lipinski definition) is 4. The molecule has 1 aromatic heterocycles. The Hall–Kier alpha value is -2.39. The van der Waals surface area contributed by atoms with Gasteiger partial charge in [0.05, 0.1) is 11.1 Å². The van der Waals surface area contributed by atoms with Gasteiger partial charge >= 0.3 is 0 Å². The smallest absolute Gasteiger partial charge is 0.252 e. The van der Waals surface area contributed by atoms with Crippen molar-refractivity contribution in [2.45, 2.75) is 6.42 Å². The number of hydrogen-bond donors (Lipinski definition) is 2. The van der Waals surface area contributed by atoms with E-state index >= 15 is 0 Å². The molecule has 0 aliphatic carbocycles. The number of amides is 2. The average molecular weight is 275 g/mol. The van der Waals surface area contributed by atoms with Crippen LogP contribution < -0.4 is 5.32 Å². The molecule has 106 valence electrons. The van der Waals surface area contributed by atoms with Crippen molar-refractivity contribution >= 4 is 11.8 Å². The molecule has 0 aliphatic rings. The summed E-state index contributed by atoms with van der Waals surface area (Å²) in [6, 6.07) is 1.55. The summed E-state index contributed by atoms with van der Waals surface area (Å²) in [6.07, 6.45) is 3.19. The van der Waals surface area contributed by atoms with Gasteiger partial charge in [-0.1, -0.05) is 11.8 Å². The van der Waals surface area contributed by atoms with Gasteiger partial charge in [0.25, 0.3) is 5.91 Å². The summed E-state index contributed by atoms with van der Waals surface area (Å²) in [5.41, 5.74) is 0.816. The van der Waals surface area contributed by atoms with Crippen LogP contribution in [0.25, 0.3) is 0 Å². The summed E-state index contributed by atoms with van der Waals surface area (Å²) in [6.45, 7) is -0.0294. The fourth-order valence-corrected chi connectivity index (χ4v) is 1.43. The Labute approximate surface area is 117 Å². The number of pyridine rings is 1. The lowest BCUT2D eigenvalue weighted by atomic mass is 10.1. The van der Waals surface area contributed by atoms with Gasteiger partial charge in [-0.15, -0.1) is 0 Å². The molecule has 20 heavy (non-hydrogen) atoms. The van der Waals surface area contributed by atoms with Crippen LogP contribution in [0, 0.1) is 11.8 Å². The van der Waals surface area contributed by atoms with E-state index in [-0.39, 0.29) is 31.4 Å². The Morgan fingerprint density at radius 2 is 2.20 bits per heavy atom. The normalized spacial score (nSPS) is 9.35. The van der Waals surface area contributed by atoms with Crippen molar-refractivity contribution in [3.05, 3.63) is 29.6 Å². The van der Waals surface area contributed by atoms with Gasteiger partial charge < -0.3 is 15.3 Å². The van der Waals surface area contributed by atoms with Crippen molar-refractivity contribution in [1.82, 2.24) is 15.2 Å². The maximum Gasteiger partial charge on any atom is 0.252 e. The summed E-state index contributed by atoms with van der Waals surface area (Å²) < 4.78 is 0. The summed E-state index contributed by atoms with van der Waals surface area (Å²) in [7, 11) is 3.32. The quantitative estimate of drug-likeness (QED) is 0.735. The molecule has 2 N–H and O–H groups in total. The van der Waals surface area contributed by atoms with E-state index in [0.717, 1.165) is 0 Å². The molecule has 0 spiro atoms. The van der Waals surface area contributed by atoms with Gasteiger partial charge in [0, 0.05) is 39.5 Å². The monoisotopic (exact) mass is 275 g/mol. The lowest BCUT2D eigenvalue weighted by molar-refractivity contribution is -0.128. The van der Waals surface area contributed by atoms with Crippen molar-refractivity contribution in [3.8, 4) is 11.8 Å². The van der Waals surface area contributed by atoms with Crippen molar-refractivity contribution in [1.29, 1.82) is 0 Å². The molecule has 0 saturated heterocycles. The van der Waals surface area contributed by atoms with Crippen LogP contribution >= 0.6 is 0 Å². The van der Waals surface area contributed by atoms with Crippen LogP contribution in [0.4, 0.5) is 0 Å². The number of aliphatic hydroxyl groups excluding tert-OH is 1. The van der Waals surface area contributed by atoms with Crippen LogP contribution in [0.2, 0.25) is 0 Å². The summed E-state index contributed by atoms with van der Waals surface area (Å²) in [5.74, 6) is 4.76. The molecule has 0 bridgehead atoms. The fraction of sp³-hybridized carbons (Fsp3) is 0.357. The van der Waals surface area contributed by atoms with Gasteiger partial charge in [-0.05, 0) is 6.07 Å². The zero-order chi connectivity index (χ0) is 15.0. The maximum absolute atomic E-state index is 12.0. The number of nitrogens with one attached hydrogen (secondary N) is 1. The molecule has 0 aliphatic heterocycles. The molecule has 1 heterocycles. The van der Waals surface area contributed by atoms with Crippen molar-refractivity contribution < 1.29 is 14.7 Å². The second-order valence-electron chi connectivity index (χ2n) is 4.18. The van der Waals surface area contributed by atoms with Crippen molar-refractivity contribution in [3.63, 3.8) is 0 Å². The Morgan fingerprint density at radius 1 is 1.45 bits per heavy atom. The Kier molecular flexibility index (Phi) is 6.20. The second-order valence-corrected chi connectivity index (χ2v) is 4.18. The number of aliphatic hydroxyl groups is 1. The second kappa shape index (κ2) is 7.92. The Balaban J connectivity index is 2.66. The first-order valence-corrected chi connectivity index (χ1v) is 6.08. The first-order valence-electron chi connectivity index (χ1n) is 6.08. The van der Waals surface area contributed by atoms with E-state index in [1.165, 1.54) is 17.3 Å². The highest BCUT2D eigenvalue weighted by Crippen LogP contribution is 2.05. The van der Waals surface area contributed by atoms with Crippen LogP contribution in [-0.4, -0.2) is 54.1 Å². The highest BCUT2D eigenvalue weighted by atomic mass is 16.2. The maximum atomic E-state index is 12.0. The lowest BCUT2D eigenvalue weighted by Crippen LogP contribution is -2.30. The highest BCUT2D eigenvalue weighted by Gasteiger charge is 2.10. The minimum absolute atomic E-state index is 0.0553. The molecule has 0 fully saturated rings. The molecular weight excluding hydrogens is 258 g/mol. The standard InChI is InChI=1S/C14H17N3O3/c1-17(2)13(19)6-8-16-14(20)12-5-7-15-10-11(12)4-3-9-18/h5,7,10,18H,6,8-9H2,1-2H3,(H,16,20). The third-order valence-electron chi connectivity index (χ3n) is 2.49. The van der Waals surface area contributed by atoms with E-state index in [0.29, 0.717) is 11.1 Å². The number of aromatic nitrogens is 1. The molecule has 0 radical (unpaired) electrons.